The molecule has 2 saturated heterocycles. The molecule has 5 heteroatoms. The number of carbonyl (C=O) groups excluding carboxylic acids is 1. The number of nitrogens with zero attached hydrogens (tertiary/aromatic N) is 1. The number of amides is 1. The van der Waals surface area contributed by atoms with Crippen LogP contribution in [0.4, 0.5) is 10.1 Å². The molecule has 4 rings (SSSR count). The molecule has 32 heavy (non-hydrogen) atoms. The van der Waals surface area contributed by atoms with E-state index in [9.17, 15) is 4.79 Å². The van der Waals surface area contributed by atoms with E-state index in [2.05, 4.69) is 24.1 Å². The second-order valence-corrected chi connectivity index (χ2v) is 11.1. The Bertz CT molecular complexity index is 749. The van der Waals surface area contributed by atoms with Crippen molar-refractivity contribution in [2.24, 2.45) is 11.8 Å². The molecular formula is C27H41FN2O2. The number of piperidine rings is 1. The number of nitrogens with one attached hydrogen (secondary N) is 1. The van der Waals surface area contributed by atoms with Gasteiger partial charge in [0, 0.05) is 44.3 Å². The number of hydrogen-bond acceptors (Lipinski definition) is 3. The second kappa shape index (κ2) is 10.2. The molecule has 1 aromatic carbocycles. The van der Waals surface area contributed by atoms with Gasteiger partial charge in [0.1, 0.15) is 5.67 Å². The quantitative estimate of drug-likeness (QED) is 0.607. The molecule has 2 heterocycles. The van der Waals surface area contributed by atoms with Crippen LogP contribution in [0.25, 0.3) is 0 Å². The molecule has 0 aromatic heterocycles. The van der Waals surface area contributed by atoms with E-state index < -0.39 is 5.67 Å². The Labute approximate surface area is 193 Å². The summed E-state index contributed by atoms with van der Waals surface area (Å²) in [6.45, 7) is 7.94. The molecule has 2 aliphatic heterocycles. The molecule has 0 bridgehead atoms. The number of benzene rings is 1. The summed E-state index contributed by atoms with van der Waals surface area (Å²) in [5.74, 6) is 0.942. The van der Waals surface area contributed by atoms with Crippen molar-refractivity contribution in [1.29, 1.82) is 0 Å². The van der Waals surface area contributed by atoms with Crippen LogP contribution in [0.5, 0.6) is 0 Å². The molecule has 3 fully saturated rings. The van der Waals surface area contributed by atoms with E-state index >= 15 is 4.39 Å². The van der Waals surface area contributed by atoms with Crippen molar-refractivity contribution in [2.45, 2.75) is 89.3 Å². The fraction of sp³-hybridized carbons (Fsp3) is 0.741. The van der Waals surface area contributed by atoms with E-state index in [4.69, 9.17) is 4.74 Å². The van der Waals surface area contributed by atoms with Gasteiger partial charge >= 0.3 is 0 Å². The third-order valence-electron chi connectivity index (χ3n) is 7.79. The van der Waals surface area contributed by atoms with Crippen LogP contribution in [0, 0.1) is 11.8 Å². The van der Waals surface area contributed by atoms with E-state index in [1.165, 1.54) is 6.42 Å². The first-order valence-corrected chi connectivity index (χ1v) is 12.8. The van der Waals surface area contributed by atoms with Crippen molar-refractivity contribution in [3.63, 3.8) is 0 Å². The average molecular weight is 445 g/mol. The van der Waals surface area contributed by atoms with Crippen molar-refractivity contribution >= 4 is 11.6 Å². The maximum Gasteiger partial charge on any atom is 0.227 e. The second-order valence-electron chi connectivity index (χ2n) is 11.1. The first-order valence-electron chi connectivity index (χ1n) is 12.8. The summed E-state index contributed by atoms with van der Waals surface area (Å²) in [5.41, 5.74) is 0.692. The lowest BCUT2D eigenvalue weighted by molar-refractivity contribution is -0.120. The van der Waals surface area contributed by atoms with Gasteiger partial charge in [-0.1, -0.05) is 31.4 Å². The zero-order chi connectivity index (χ0) is 22.6. The Morgan fingerprint density at radius 2 is 1.78 bits per heavy atom. The molecule has 1 atom stereocenters. The smallest absolute Gasteiger partial charge is 0.227 e. The van der Waals surface area contributed by atoms with Crippen molar-refractivity contribution < 1.29 is 13.9 Å². The summed E-state index contributed by atoms with van der Waals surface area (Å²) in [6.07, 6.45) is 9.41. The van der Waals surface area contributed by atoms with E-state index in [1.807, 2.05) is 24.3 Å². The van der Waals surface area contributed by atoms with Gasteiger partial charge < -0.3 is 15.0 Å². The minimum absolute atomic E-state index is 0.0232. The van der Waals surface area contributed by atoms with Gasteiger partial charge in [-0.2, -0.15) is 0 Å². The molecule has 1 aliphatic carbocycles. The molecular weight excluding hydrogens is 403 g/mol. The first-order chi connectivity index (χ1) is 15.3. The van der Waals surface area contributed by atoms with Crippen LogP contribution in [0.3, 0.4) is 0 Å². The highest BCUT2D eigenvalue weighted by Crippen LogP contribution is 2.34. The first kappa shape index (κ1) is 23.7. The topological polar surface area (TPSA) is 41.6 Å². The predicted molar refractivity (Wildman–Crippen MR) is 128 cm³/mol. The van der Waals surface area contributed by atoms with E-state index in [0.29, 0.717) is 25.2 Å². The molecule has 3 aliphatic rings. The van der Waals surface area contributed by atoms with E-state index in [1.54, 1.807) is 0 Å². The van der Waals surface area contributed by atoms with E-state index in [-0.39, 0.29) is 17.4 Å². The highest BCUT2D eigenvalue weighted by atomic mass is 19.1. The number of likely N-dealkylation sites (tertiary alicyclic amines) is 1. The normalized spacial score (nSPS) is 26.5. The van der Waals surface area contributed by atoms with Crippen LogP contribution in [-0.4, -0.2) is 48.3 Å². The van der Waals surface area contributed by atoms with Gasteiger partial charge in [-0.3, -0.25) is 4.79 Å². The highest BCUT2D eigenvalue weighted by molar-refractivity contribution is 5.92. The largest absolute Gasteiger partial charge is 0.376 e. The fourth-order valence-corrected chi connectivity index (χ4v) is 5.87. The molecule has 1 amide bonds. The van der Waals surface area contributed by atoms with Crippen LogP contribution in [-0.2, 0) is 16.0 Å². The summed E-state index contributed by atoms with van der Waals surface area (Å²) in [7, 11) is 0. The van der Waals surface area contributed by atoms with Crippen LogP contribution in [0.15, 0.2) is 24.3 Å². The molecule has 1 unspecified atom stereocenters. The van der Waals surface area contributed by atoms with Crippen molar-refractivity contribution in [3.8, 4) is 0 Å². The van der Waals surface area contributed by atoms with Crippen LogP contribution >= 0.6 is 0 Å². The van der Waals surface area contributed by atoms with Gasteiger partial charge in [-0.25, -0.2) is 4.39 Å². The molecule has 1 aromatic rings. The van der Waals surface area contributed by atoms with Crippen molar-refractivity contribution in [1.82, 2.24) is 4.90 Å². The molecule has 178 valence electrons. The molecule has 4 nitrogen and oxygen atoms in total. The van der Waals surface area contributed by atoms with Crippen LogP contribution in [0.2, 0.25) is 0 Å². The maximum absolute atomic E-state index is 15.6. The standard InChI is InChI=1S/C27H41FN2O2/c1-26(2)18-22(12-17-32-26)20-30-15-13-27(28,14-16-30)19-21-8-10-24(11-9-21)29-25(31)23-6-4-3-5-7-23/h8-11,22-23H,3-7,12-20H2,1-2H3,(H,29,31). The maximum atomic E-state index is 15.6. The number of carbonyl (C=O) groups is 1. The summed E-state index contributed by atoms with van der Waals surface area (Å²) < 4.78 is 21.4. The number of alkyl halides is 1. The Morgan fingerprint density at radius 3 is 2.44 bits per heavy atom. The predicted octanol–water partition coefficient (Wildman–Crippen LogP) is 5.76. The third-order valence-corrected chi connectivity index (χ3v) is 7.79. The minimum atomic E-state index is -1.13. The van der Waals surface area contributed by atoms with Gasteiger partial charge in [0.25, 0.3) is 0 Å². The molecule has 1 saturated carbocycles. The number of rotatable bonds is 6. The lowest BCUT2D eigenvalue weighted by atomic mass is 9.85. The van der Waals surface area contributed by atoms with Gasteiger partial charge in [0.2, 0.25) is 5.91 Å². The van der Waals surface area contributed by atoms with Gasteiger partial charge in [0.05, 0.1) is 5.60 Å². The molecule has 1 N–H and O–H groups in total. The Kier molecular flexibility index (Phi) is 7.56. The van der Waals surface area contributed by atoms with Crippen molar-refractivity contribution in [2.75, 3.05) is 31.6 Å². The highest BCUT2D eigenvalue weighted by Gasteiger charge is 2.36. The monoisotopic (exact) mass is 444 g/mol. The van der Waals surface area contributed by atoms with Crippen molar-refractivity contribution in [3.05, 3.63) is 29.8 Å². The zero-order valence-corrected chi connectivity index (χ0v) is 20.0. The van der Waals surface area contributed by atoms with Gasteiger partial charge in [-0.15, -0.1) is 0 Å². The minimum Gasteiger partial charge on any atom is -0.376 e. The van der Waals surface area contributed by atoms with Gasteiger partial charge in [0.15, 0.2) is 0 Å². The van der Waals surface area contributed by atoms with E-state index in [0.717, 1.165) is 76.0 Å². The number of halogens is 1. The Morgan fingerprint density at radius 1 is 1.09 bits per heavy atom. The summed E-state index contributed by atoms with van der Waals surface area (Å²) in [4.78, 5) is 14.9. The lowest BCUT2D eigenvalue weighted by Gasteiger charge is -2.41. The number of ether oxygens (including phenoxy) is 1. The molecule has 0 radical (unpaired) electrons. The summed E-state index contributed by atoms with van der Waals surface area (Å²) in [6, 6.07) is 7.82. The van der Waals surface area contributed by atoms with Crippen LogP contribution in [0.1, 0.15) is 77.2 Å². The fourth-order valence-electron chi connectivity index (χ4n) is 5.87. The Hall–Kier alpha value is -1.46. The lowest BCUT2D eigenvalue weighted by Crippen LogP contribution is -2.46. The zero-order valence-electron chi connectivity index (χ0n) is 20.0. The third kappa shape index (κ3) is 6.54. The summed E-state index contributed by atoms with van der Waals surface area (Å²) >= 11 is 0. The Balaban J connectivity index is 1.23. The van der Waals surface area contributed by atoms with Crippen LogP contribution < -0.4 is 5.32 Å². The SMILES string of the molecule is CC1(C)CC(CN2CCC(F)(Cc3ccc(NC(=O)C4CCCCC4)cc3)CC2)CCO1. The number of anilines is 1. The molecule has 0 spiro atoms. The van der Waals surface area contributed by atoms with Gasteiger partial charge in [-0.05, 0) is 76.0 Å². The average Bonchev–Trinajstić information content (AvgIpc) is 2.77. The summed E-state index contributed by atoms with van der Waals surface area (Å²) in [5, 5.41) is 3.05. The number of hydrogen-bond donors (Lipinski definition) is 1.